The lowest BCUT2D eigenvalue weighted by atomic mass is 10.3. The minimum Gasteiger partial charge on any atom is -0.477 e. The number of aryl methyl sites for hydroxylation is 1. The number of aromatic carboxylic acids is 1. The van der Waals surface area contributed by atoms with Gasteiger partial charge in [-0.3, -0.25) is 4.72 Å². The van der Waals surface area contributed by atoms with Crippen molar-refractivity contribution in [1.29, 1.82) is 0 Å². The molecule has 0 saturated carbocycles. The monoisotopic (exact) mass is 333 g/mol. The van der Waals surface area contributed by atoms with E-state index in [0.29, 0.717) is 17.7 Å². The molecule has 0 amide bonds. The molecular formula is C12H9F2NO4S2. The van der Waals surface area contributed by atoms with Crippen LogP contribution in [0.3, 0.4) is 0 Å². The third-order valence-electron chi connectivity index (χ3n) is 2.55. The lowest BCUT2D eigenvalue weighted by Gasteiger charge is -2.06. The van der Waals surface area contributed by atoms with Gasteiger partial charge in [0.25, 0.3) is 10.0 Å². The molecule has 0 aliphatic rings. The van der Waals surface area contributed by atoms with Gasteiger partial charge in [0.1, 0.15) is 9.88 Å². The van der Waals surface area contributed by atoms with Crippen molar-refractivity contribution in [2.24, 2.45) is 0 Å². The Bertz CT molecular complexity index is 815. The fraction of sp³-hybridized carbons (Fsp3) is 0.0833. The molecule has 0 saturated heterocycles. The highest BCUT2D eigenvalue weighted by Crippen LogP contribution is 2.28. The molecule has 0 aliphatic heterocycles. The molecule has 5 nitrogen and oxygen atoms in total. The Labute approximate surface area is 122 Å². The molecule has 1 heterocycles. The topological polar surface area (TPSA) is 83.5 Å². The summed E-state index contributed by atoms with van der Waals surface area (Å²) in [5.41, 5.74) is 0.399. The first-order valence-electron chi connectivity index (χ1n) is 5.52. The maximum Gasteiger partial charge on any atom is 0.346 e. The lowest BCUT2D eigenvalue weighted by molar-refractivity contribution is 0.0701. The molecule has 0 spiro atoms. The number of carboxylic acid groups (broad SMARTS) is 1. The first kappa shape index (κ1) is 15.4. The molecule has 2 aromatic rings. The molecule has 21 heavy (non-hydrogen) atoms. The maximum absolute atomic E-state index is 13.1. The van der Waals surface area contributed by atoms with Gasteiger partial charge in [-0.2, -0.15) is 0 Å². The Kier molecular flexibility index (Phi) is 3.97. The summed E-state index contributed by atoms with van der Waals surface area (Å²) >= 11 is 0.739. The fourth-order valence-electron chi connectivity index (χ4n) is 1.58. The van der Waals surface area contributed by atoms with Gasteiger partial charge < -0.3 is 5.11 Å². The van der Waals surface area contributed by atoms with Crippen LogP contribution in [0.2, 0.25) is 0 Å². The summed E-state index contributed by atoms with van der Waals surface area (Å²) in [6.45, 7) is 1.52. The average Bonchev–Trinajstić information content (AvgIpc) is 2.72. The Balaban J connectivity index is 2.35. The first-order valence-corrected chi connectivity index (χ1v) is 7.82. The van der Waals surface area contributed by atoms with E-state index in [4.69, 9.17) is 5.11 Å². The van der Waals surface area contributed by atoms with Crippen LogP contribution in [0.1, 0.15) is 15.2 Å². The van der Waals surface area contributed by atoms with Gasteiger partial charge in [0, 0.05) is 0 Å². The summed E-state index contributed by atoms with van der Waals surface area (Å²) in [6, 6.07) is 3.52. The van der Waals surface area contributed by atoms with Gasteiger partial charge in [0.05, 0.1) is 4.90 Å². The standard InChI is InChI=1S/C12H9F2NO4S2/c1-6-4-10(20-11(6)12(16)17)15-21(18,19)7-2-3-8(13)9(14)5-7/h2-5,15H,1H3,(H,16,17). The lowest BCUT2D eigenvalue weighted by Crippen LogP contribution is -2.12. The van der Waals surface area contributed by atoms with E-state index in [1.165, 1.54) is 13.0 Å². The van der Waals surface area contributed by atoms with Crippen LogP contribution in [-0.4, -0.2) is 19.5 Å². The van der Waals surface area contributed by atoms with Crippen molar-refractivity contribution in [2.45, 2.75) is 11.8 Å². The normalized spacial score (nSPS) is 11.4. The number of nitrogens with one attached hydrogen (secondary N) is 1. The summed E-state index contributed by atoms with van der Waals surface area (Å²) in [6.07, 6.45) is 0. The highest BCUT2D eigenvalue weighted by Gasteiger charge is 2.19. The predicted molar refractivity (Wildman–Crippen MR) is 73.2 cm³/mol. The third-order valence-corrected chi connectivity index (χ3v) is 5.18. The second-order valence-electron chi connectivity index (χ2n) is 4.11. The number of anilines is 1. The third kappa shape index (κ3) is 3.19. The molecule has 1 aromatic heterocycles. The highest BCUT2D eigenvalue weighted by atomic mass is 32.2. The highest BCUT2D eigenvalue weighted by molar-refractivity contribution is 7.93. The van der Waals surface area contributed by atoms with E-state index in [2.05, 4.69) is 4.72 Å². The van der Waals surface area contributed by atoms with Crippen LogP contribution in [0.4, 0.5) is 13.8 Å². The quantitative estimate of drug-likeness (QED) is 0.901. The van der Waals surface area contributed by atoms with E-state index in [1.54, 1.807) is 0 Å². The van der Waals surface area contributed by atoms with E-state index in [-0.39, 0.29) is 9.88 Å². The van der Waals surface area contributed by atoms with Gasteiger partial charge in [0.2, 0.25) is 0 Å². The predicted octanol–water partition coefficient (Wildman–Crippen LogP) is 2.83. The Morgan fingerprint density at radius 1 is 1.24 bits per heavy atom. The number of hydrogen-bond donors (Lipinski definition) is 2. The molecule has 0 aliphatic carbocycles. The second kappa shape index (κ2) is 5.41. The minimum absolute atomic E-state index is 0.00186. The van der Waals surface area contributed by atoms with E-state index < -0.39 is 32.5 Å². The van der Waals surface area contributed by atoms with Crippen LogP contribution in [0.15, 0.2) is 29.2 Å². The van der Waals surface area contributed by atoms with Crippen molar-refractivity contribution in [3.8, 4) is 0 Å². The number of benzene rings is 1. The van der Waals surface area contributed by atoms with Crippen molar-refractivity contribution in [3.05, 3.63) is 46.3 Å². The minimum atomic E-state index is -4.12. The zero-order valence-corrected chi connectivity index (χ0v) is 12.2. The van der Waals surface area contributed by atoms with Gasteiger partial charge in [-0.1, -0.05) is 0 Å². The van der Waals surface area contributed by atoms with Crippen molar-refractivity contribution in [3.63, 3.8) is 0 Å². The van der Waals surface area contributed by atoms with Crippen LogP contribution < -0.4 is 4.72 Å². The van der Waals surface area contributed by atoms with E-state index in [1.807, 2.05) is 0 Å². The number of sulfonamides is 1. The van der Waals surface area contributed by atoms with Crippen LogP contribution >= 0.6 is 11.3 Å². The van der Waals surface area contributed by atoms with Gasteiger partial charge in [-0.05, 0) is 36.8 Å². The molecule has 9 heteroatoms. The molecule has 0 bridgehead atoms. The summed E-state index contributed by atoms with van der Waals surface area (Å²) in [5.74, 6) is -3.61. The average molecular weight is 333 g/mol. The number of carboxylic acids is 1. The first-order chi connectivity index (χ1) is 9.70. The molecule has 2 N–H and O–H groups in total. The SMILES string of the molecule is Cc1cc(NS(=O)(=O)c2ccc(F)c(F)c2)sc1C(=O)O. The van der Waals surface area contributed by atoms with Gasteiger partial charge in [-0.25, -0.2) is 22.0 Å². The fourth-order valence-corrected chi connectivity index (χ4v) is 3.79. The molecule has 0 unspecified atom stereocenters. The summed E-state index contributed by atoms with van der Waals surface area (Å²) in [5, 5.41) is 8.98. The maximum atomic E-state index is 13.1. The number of carbonyl (C=O) groups is 1. The van der Waals surface area contributed by atoms with Crippen LogP contribution in [-0.2, 0) is 10.0 Å². The van der Waals surface area contributed by atoms with Gasteiger partial charge in [-0.15, -0.1) is 11.3 Å². The molecule has 0 fully saturated rings. The van der Waals surface area contributed by atoms with Crippen LogP contribution in [0, 0.1) is 18.6 Å². The number of rotatable bonds is 4. The molecular weight excluding hydrogens is 324 g/mol. The Hall–Kier alpha value is -2.00. The smallest absolute Gasteiger partial charge is 0.346 e. The number of halogens is 2. The van der Waals surface area contributed by atoms with Crippen molar-refractivity contribution >= 4 is 32.3 Å². The van der Waals surface area contributed by atoms with Crippen LogP contribution in [0.25, 0.3) is 0 Å². The molecule has 0 atom stereocenters. The summed E-state index contributed by atoms with van der Waals surface area (Å²) in [4.78, 5) is 10.4. The van der Waals surface area contributed by atoms with E-state index in [0.717, 1.165) is 17.4 Å². The second-order valence-corrected chi connectivity index (χ2v) is 6.84. The van der Waals surface area contributed by atoms with Gasteiger partial charge in [0.15, 0.2) is 11.6 Å². The Morgan fingerprint density at radius 3 is 2.43 bits per heavy atom. The molecule has 2 rings (SSSR count). The van der Waals surface area contributed by atoms with Gasteiger partial charge >= 0.3 is 5.97 Å². The molecule has 0 radical (unpaired) electrons. The molecule has 112 valence electrons. The summed E-state index contributed by atoms with van der Waals surface area (Å²) in [7, 11) is -4.12. The summed E-state index contributed by atoms with van der Waals surface area (Å²) < 4.78 is 52.1. The van der Waals surface area contributed by atoms with E-state index in [9.17, 15) is 22.0 Å². The zero-order valence-electron chi connectivity index (χ0n) is 10.6. The number of hydrogen-bond acceptors (Lipinski definition) is 4. The van der Waals surface area contributed by atoms with Crippen molar-refractivity contribution < 1.29 is 27.1 Å². The number of thiophene rings is 1. The molecule has 1 aromatic carbocycles. The largest absolute Gasteiger partial charge is 0.477 e. The van der Waals surface area contributed by atoms with Crippen molar-refractivity contribution in [2.75, 3.05) is 4.72 Å². The Morgan fingerprint density at radius 2 is 1.90 bits per heavy atom. The zero-order chi connectivity index (χ0) is 15.8. The van der Waals surface area contributed by atoms with Crippen LogP contribution in [0.5, 0.6) is 0 Å². The van der Waals surface area contributed by atoms with Crippen molar-refractivity contribution in [1.82, 2.24) is 0 Å². The van der Waals surface area contributed by atoms with E-state index >= 15 is 0 Å².